The lowest BCUT2D eigenvalue weighted by Gasteiger charge is -2.05. The Morgan fingerprint density at radius 3 is 2.43 bits per heavy atom. The van der Waals surface area contributed by atoms with Gasteiger partial charge < -0.3 is 9.47 Å². The predicted octanol–water partition coefficient (Wildman–Crippen LogP) is 2.82. The van der Waals surface area contributed by atoms with Gasteiger partial charge in [-0.2, -0.15) is 5.10 Å². The van der Waals surface area contributed by atoms with Crippen LogP contribution in [0.15, 0.2) is 64.5 Å². The number of hydrogen-bond donors (Lipinski definition) is 2. The molecule has 0 unspecified atom stereocenters. The summed E-state index contributed by atoms with van der Waals surface area (Å²) >= 11 is 0. The van der Waals surface area contributed by atoms with Crippen LogP contribution in [0.5, 0.6) is 11.5 Å². The number of carbonyl (C=O) groups is 1. The van der Waals surface area contributed by atoms with Gasteiger partial charge in [0.2, 0.25) is 5.95 Å². The zero-order valence-corrected chi connectivity index (χ0v) is 15.3. The molecule has 0 bridgehead atoms. The monoisotopic (exact) mass is 378 g/mol. The molecule has 8 heteroatoms. The lowest BCUT2D eigenvalue weighted by Crippen LogP contribution is -2.10. The molecule has 0 spiro atoms. The van der Waals surface area contributed by atoms with Gasteiger partial charge in [-0.1, -0.05) is 0 Å². The SMILES string of the molecule is COc1ccc(-c2cc(=O)[nH]c(N/N=C\c3ccc(OC(C)=O)cc3)n2)cc1. The molecule has 0 aliphatic heterocycles. The Balaban J connectivity index is 1.71. The number of esters is 1. The molecular weight excluding hydrogens is 360 g/mol. The van der Waals surface area contributed by atoms with Crippen LogP contribution in [0.1, 0.15) is 12.5 Å². The molecule has 2 aromatic carbocycles. The Morgan fingerprint density at radius 2 is 1.79 bits per heavy atom. The van der Waals surface area contributed by atoms with Crippen molar-refractivity contribution in [2.24, 2.45) is 5.10 Å². The van der Waals surface area contributed by atoms with E-state index in [2.05, 4.69) is 20.5 Å². The third kappa shape index (κ3) is 5.04. The topological polar surface area (TPSA) is 106 Å². The molecule has 3 aromatic rings. The Hall–Kier alpha value is -3.94. The highest BCUT2D eigenvalue weighted by Gasteiger charge is 2.04. The average molecular weight is 378 g/mol. The van der Waals surface area contributed by atoms with Gasteiger partial charge in [-0.15, -0.1) is 0 Å². The number of ether oxygens (including phenoxy) is 2. The Bertz CT molecular complexity index is 1040. The largest absolute Gasteiger partial charge is 0.497 e. The number of H-pyrrole nitrogens is 1. The first kappa shape index (κ1) is 18.8. The molecule has 0 fully saturated rings. The molecule has 0 aliphatic carbocycles. The second-order valence-electron chi connectivity index (χ2n) is 5.74. The maximum Gasteiger partial charge on any atom is 0.308 e. The quantitative estimate of drug-likeness (QED) is 0.296. The normalized spacial score (nSPS) is 10.6. The molecular formula is C20H18N4O4. The average Bonchev–Trinajstić information content (AvgIpc) is 2.68. The second kappa shape index (κ2) is 8.63. The van der Waals surface area contributed by atoms with Crippen LogP contribution in [0.2, 0.25) is 0 Å². The summed E-state index contributed by atoms with van der Waals surface area (Å²) in [6.07, 6.45) is 1.55. The van der Waals surface area contributed by atoms with E-state index >= 15 is 0 Å². The number of hydrogen-bond acceptors (Lipinski definition) is 7. The third-order valence-electron chi connectivity index (χ3n) is 3.65. The Kier molecular flexibility index (Phi) is 5.81. The van der Waals surface area contributed by atoms with E-state index in [-0.39, 0.29) is 17.5 Å². The number of carbonyl (C=O) groups excluding carboxylic acids is 1. The van der Waals surface area contributed by atoms with Crippen molar-refractivity contribution in [1.82, 2.24) is 9.97 Å². The highest BCUT2D eigenvalue weighted by molar-refractivity contribution is 5.80. The number of hydrazone groups is 1. The minimum atomic E-state index is -0.380. The summed E-state index contributed by atoms with van der Waals surface area (Å²) < 4.78 is 10.1. The fraction of sp³-hybridized carbons (Fsp3) is 0.100. The molecule has 0 saturated heterocycles. The second-order valence-corrected chi connectivity index (χ2v) is 5.74. The van der Waals surface area contributed by atoms with Gasteiger partial charge >= 0.3 is 5.97 Å². The number of aromatic nitrogens is 2. The lowest BCUT2D eigenvalue weighted by molar-refractivity contribution is -0.131. The van der Waals surface area contributed by atoms with E-state index in [1.165, 1.54) is 13.0 Å². The molecule has 0 aliphatic rings. The minimum Gasteiger partial charge on any atom is -0.497 e. The molecule has 0 radical (unpaired) electrons. The van der Waals surface area contributed by atoms with Crippen molar-refractivity contribution in [3.05, 3.63) is 70.5 Å². The smallest absolute Gasteiger partial charge is 0.308 e. The molecule has 28 heavy (non-hydrogen) atoms. The Morgan fingerprint density at radius 1 is 1.11 bits per heavy atom. The molecule has 142 valence electrons. The van der Waals surface area contributed by atoms with Crippen molar-refractivity contribution >= 4 is 18.1 Å². The van der Waals surface area contributed by atoms with Crippen LogP contribution < -0.4 is 20.5 Å². The van der Waals surface area contributed by atoms with Crippen LogP contribution in [0.25, 0.3) is 11.3 Å². The zero-order valence-electron chi connectivity index (χ0n) is 15.3. The maximum absolute atomic E-state index is 11.9. The molecule has 2 N–H and O–H groups in total. The van der Waals surface area contributed by atoms with E-state index in [0.29, 0.717) is 11.4 Å². The van der Waals surface area contributed by atoms with E-state index in [1.807, 2.05) is 12.1 Å². The van der Waals surface area contributed by atoms with E-state index in [1.54, 1.807) is 49.7 Å². The molecule has 8 nitrogen and oxygen atoms in total. The van der Waals surface area contributed by atoms with Crippen LogP contribution in [0, 0.1) is 0 Å². The van der Waals surface area contributed by atoms with Gasteiger partial charge in [0.25, 0.3) is 5.56 Å². The van der Waals surface area contributed by atoms with E-state index in [0.717, 1.165) is 16.9 Å². The molecule has 0 amide bonds. The van der Waals surface area contributed by atoms with E-state index in [4.69, 9.17) is 9.47 Å². The first-order chi connectivity index (χ1) is 13.5. The Labute approximate surface area is 160 Å². The number of rotatable bonds is 6. The number of benzene rings is 2. The van der Waals surface area contributed by atoms with Gasteiger partial charge in [-0.3, -0.25) is 14.6 Å². The van der Waals surface area contributed by atoms with Crippen LogP contribution in [0.3, 0.4) is 0 Å². The van der Waals surface area contributed by atoms with Gasteiger partial charge in [-0.25, -0.2) is 10.4 Å². The minimum absolute atomic E-state index is 0.214. The number of anilines is 1. The van der Waals surface area contributed by atoms with Gasteiger partial charge in [0.1, 0.15) is 11.5 Å². The van der Waals surface area contributed by atoms with Crippen molar-refractivity contribution in [3.63, 3.8) is 0 Å². The lowest BCUT2D eigenvalue weighted by atomic mass is 10.1. The zero-order chi connectivity index (χ0) is 19.9. The fourth-order valence-electron chi connectivity index (χ4n) is 2.38. The van der Waals surface area contributed by atoms with Gasteiger partial charge in [0.15, 0.2) is 0 Å². The predicted molar refractivity (Wildman–Crippen MR) is 106 cm³/mol. The van der Waals surface area contributed by atoms with Crippen LogP contribution in [-0.4, -0.2) is 29.3 Å². The first-order valence-electron chi connectivity index (χ1n) is 8.37. The van der Waals surface area contributed by atoms with Gasteiger partial charge in [-0.05, 0) is 54.1 Å². The number of methoxy groups -OCH3 is 1. The number of aromatic amines is 1. The summed E-state index contributed by atoms with van der Waals surface area (Å²) in [5.41, 5.74) is 4.47. The van der Waals surface area contributed by atoms with E-state index < -0.39 is 0 Å². The molecule has 1 heterocycles. The van der Waals surface area contributed by atoms with E-state index in [9.17, 15) is 9.59 Å². The highest BCUT2D eigenvalue weighted by atomic mass is 16.5. The molecule has 3 rings (SSSR count). The van der Waals surface area contributed by atoms with Crippen molar-refractivity contribution < 1.29 is 14.3 Å². The summed E-state index contributed by atoms with van der Waals surface area (Å²) in [5, 5.41) is 4.07. The number of nitrogens with one attached hydrogen (secondary N) is 2. The van der Waals surface area contributed by atoms with Crippen LogP contribution in [0.4, 0.5) is 5.95 Å². The summed E-state index contributed by atoms with van der Waals surface area (Å²) in [7, 11) is 1.59. The van der Waals surface area contributed by atoms with Crippen LogP contribution >= 0.6 is 0 Å². The van der Waals surface area contributed by atoms with Crippen molar-refractivity contribution in [1.29, 1.82) is 0 Å². The molecule has 0 saturated carbocycles. The fourth-order valence-corrected chi connectivity index (χ4v) is 2.38. The van der Waals surface area contributed by atoms with Crippen molar-refractivity contribution in [2.45, 2.75) is 6.92 Å². The summed E-state index contributed by atoms with van der Waals surface area (Å²) in [4.78, 5) is 29.8. The summed E-state index contributed by atoms with van der Waals surface area (Å²) in [6, 6.07) is 15.4. The summed E-state index contributed by atoms with van der Waals surface area (Å²) in [5.74, 6) is 1.01. The van der Waals surface area contributed by atoms with Crippen molar-refractivity contribution in [2.75, 3.05) is 12.5 Å². The molecule has 1 aromatic heterocycles. The van der Waals surface area contributed by atoms with Crippen molar-refractivity contribution in [3.8, 4) is 22.8 Å². The van der Waals surface area contributed by atoms with Gasteiger partial charge in [0.05, 0.1) is 19.0 Å². The number of nitrogens with zero attached hydrogens (tertiary/aromatic N) is 2. The van der Waals surface area contributed by atoms with Crippen LogP contribution in [-0.2, 0) is 4.79 Å². The third-order valence-corrected chi connectivity index (χ3v) is 3.65. The highest BCUT2D eigenvalue weighted by Crippen LogP contribution is 2.20. The van der Waals surface area contributed by atoms with Gasteiger partial charge in [0, 0.05) is 18.6 Å². The standard InChI is InChI=1S/C20H18N4O4/c1-13(25)28-17-7-3-14(4-8-17)12-21-24-20-22-18(11-19(26)23-20)15-5-9-16(27-2)10-6-15/h3-12H,1-2H3,(H2,22,23,24,26)/b21-12-. The summed E-state index contributed by atoms with van der Waals surface area (Å²) in [6.45, 7) is 1.34. The first-order valence-corrected chi connectivity index (χ1v) is 8.37. The molecule has 0 atom stereocenters. The maximum atomic E-state index is 11.9.